The predicted octanol–water partition coefficient (Wildman–Crippen LogP) is 4.22. The van der Waals surface area contributed by atoms with Crippen LogP contribution in [0, 0.1) is 5.82 Å². The number of hydrogen-bond donors (Lipinski definition) is 1. The molecule has 1 atom stereocenters. The van der Waals surface area contributed by atoms with Crippen LogP contribution in [0.15, 0.2) is 40.9 Å². The molecule has 2 aromatic rings. The molecule has 0 aliphatic carbocycles. The standard InChI is InChI=1S/C17H17BrFNO/c1-20-16(12-7-8-14(18)15(19)10-12)13-6-2-4-11-5-3-9-21-17(11)13/h2,4,6-8,10,16,20H,3,5,9H2,1H3. The summed E-state index contributed by atoms with van der Waals surface area (Å²) in [5.41, 5.74) is 3.19. The molecule has 0 saturated heterocycles. The SMILES string of the molecule is CNC(c1ccc(Br)c(F)c1)c1cccc2c1OCCC2. The smallest absolute Gasteiger partial charge is 0.137 e. The van der Waals surface area contributed by atoms with Crippen molar-refractivity contribution in [2.45, 2.75) is 18.9 Å². The molecule has 3 rings (SSSR count). The number of halogens is 2. The van der Waals surface area contributed by atoms with E-state index in [2.05, 4.69) is 27.3 Å². The van der Waals surface area contributed by atoms with Gasteiger partial charge in [0.05, 0.1) is 17.1 Å². The number of rotatable bonds is 3. The molecule has 1 heterocycles. The fourth-order valence-corrected chi connectivity index (χ4v) is 3.08. The number of para-hydroxylation sites is 1. The van der Waals surface area contributed by atoms with Crippen LogP contribution in [0.3, 0.4) is 0 Å². The third kappa shape index (κ3) is 2.83. The second-order valence-electron chi connectivity index (χ2n) is 5.18. The van der Waals surface area contributed by atoms with Gasteiger partial charge in [0.25, 0.3) is 0 Å². The first kappa shape index (κ1) is 14.5. The highest BCUT2D eigenvalue weighted by atomic mass is 79.9. The van der Waals surface area contributed by atoms with Crippen molar-refractivity contribution in [2.75, 3.05) is 13.7 Å². The van der Waals surface area contributed by atoms with Crippen molar-refractivity contribution < 1.29 is 9.13 Å². The molecule has 2 aromatic carbocycles. The molecule has 0 aromatic heterocycles. The molecule has 1 aliphatic heterocycles. The quantitative estimate of drug-likeness (QED) is 0.895. The van der Waals surface area contributed by atoms with Gasteiger partial charge in [-0.15, -0.1) is 0 Å². The van der Waals surface area contributed by atoms with Gasteiger partial charge in [0, 0.05) is 5.56 Å². The molecule has 2 nitrogen and oxygen atoms in total. The van der Waals surface area contributed by atoms with E-state index in [0.29, 0.717) is 4.47 Å². The number of aryl methyl sites for hydroxylation is 1. The van der Waals surface area contributed by atoms with Crippen LogP contribution < -0.4 is 10.1 Å². The van der Waals surface area contributed by atoms with Crippen molar-refractivity contribution in [1.29, 1.82) is 0 Å². The molecular formula is C17H17BrFNO. The average molecular weight is 350 g/mol. The summed E-state index contributed by atoms with van der Waals surface area (Å²) in [6, 6.07) is 11.3. The zero-order valence-corrected chi connectivity index (χ0v) is 13.4. The third-order valence-electron chi connectivity index (χ3n) is 3.84. The van der Waals surface area contributed by atoms with Crippen LogP contribution in [0.1, 0.15) is 29.2 Å². The molecule has 1 aliphatic rings. The van der Waals surface area contributed by atoms with Crippen LogP contribution >= 0.6 is 15.9 Å². The van der Waals surface area contributed by atoms with E-state index in [4.69, 9.17) is 4.74 Å². The Labute approximate surface area is 132 Å². The van der Waals surface area contributed by atoms with Crippen molar-refractivity contribution in [2.24, 2.45) is 0 Å². The highest BCUT2D eigenvalue weighted by Gasteiger charge is 2.21. The molecular weight excluding hydrogens is 333 g/mol. The Hall–Kier alpha value is -1.39. The topological polar surface area (TPSA) is 21.3 Å². The van der Waals surface area contributed by atoms with E-state index in [9.17, 15) is 4.39 Å². The predicted molar refractivity (Wildman–Crippen MR) is 85.3 cm³/mol. The number of nitrogens with one attached hydrogen (secondary N) is 1. The van der Waals surface area contributed by atoms with Crippen LogP contribution in [0.25, 0.3) is 0 Å². The Morgan fingerprint density at radius 1 is 1.29 bits per heavy atom. The number of benzene rings is 2. The molecule has 0 fully saturated rings. The zero-order valence-electron chi connectivity index (χ0n) is 11.8. The molecule has 0 saturated carbocycles. The van der Waals surface area contributed by atoms with Crippen molar-refractivity contribution in [3.05, 3.63) is 63.4 Å². The second-order valence-corrected chi connectivity index (χ2v) is 6.04. The summed E-state index contributed by atoms with van der Waals surface area (Å²) in [4.78, 5) is 0. The number of ether oxygens (including phenoxy) is 1. The minimum absolute atomic E-state index is 0.0827. The lowest BCUT2D eigenvalue weighted by molar-refractivity contribution is 0.283. The summed E-state index contributed by atoms with van der Waals surface area (Å²) in [6.07, 6.45) is 2.09. The van der Waals surface area contributed by atoms with Gasteiger partial charge in [-0.25, -0.2) is 4.39 Å². The Kier molecular flexibility index (Phi) is 4.27. The van der Waals surface area contributed by atoms with Gasteiger partial charge < -0.3 is 10.1 Å². The molecule has 0 radical (unpaired) electrons. The fraction of sp³-hybridized carbons (Fsp3) is 0.294. The van der Waals surface area contributed by atoms with Crippen LogP contribution in [-0.4, -0.2) is 13.7 Å². The molecule has 1 N–H and O–H groups in total. The monoisotopic (exact) mass is 349 g/mol. The first-order chi connectivity index (χ1) is 10.2. The molecule has 0 spiro atoms. The summed E-state index contributed by atoms with van der Waals surface area (Å²) < 4.78 is 20.2. The van der Waals surface area contributed by atoms with Crippen LogP contribution in [0.5, 0.6) is 5.75 Å². The van der Waals surface area contributed by atoms with Gasteiger partial charge in [0.15, 0.2) is 0 Å². The molecule has 1 unspecified atom stereocenters. The lowest BCUT2D eigenvalue weighted by Crippen LogP contribution is -2.21. The normalized spacial score (nSPS) is 15.2. The van der Waals surface area contributed by atoms with Crippen LogP contribution in [0.4, 0.5) is 4.39 Å². The van der Waals surface area contributed by atoms with Crippen molar-refractivity contribution >= 4 is 15.9 Å². The minimum Gasteiger partial charge on any atom is -0.493 e. The maximum atomic E-state index is 13.8. The summed E-state index contributed by atoms with van der Waals surface area (Å²) in [5.74, 6) is 0.699. The largest absolute Gasteiger partial charge is 0.493 e. The van der Waals surface area contributed by atoms with Crippen molar-refractivity contribution in [3.8, 4) is 5.75 Å². The molecule has 4 heteroatoms. The molecule has 21 heavy (non-hydrogen) atoms. The first-order valence-corrected chi connectivity index (χ1v) is 7.87. The minimum atomic E-state index is -0.251. The van der Waals surface area contributed by atoms with Crippen molar-refractivity contribution in [1.82, 2.24) is 5.32 Å². The van der Waals surface area contributed by atoms with E-state index in [1.807, 2.05) is 25.2 Å². The zero-order chi connectivity index (χ0) is 14.8. The number of hydrogen-bond acceptors (Lipinski definition) is 2. The summed E-state index contributed by atoms with van der Waals surface area (Å²) in [7, 11) is 1.88. The first-order valence-electron chi connectivity index (χ1n) is 7.07. The van der Waals surface area contributed by atoms with Gasteiger partial charge >= 0.3 is 0 Å². The highest BCUT2D eigenvalue weighted by Crippen LogP contribution is 2.36. The second kappa shape index (κ2) is 6.16. The van der Waals surface area contributed by atoms with Gasteiger partial charge in [-0.3, -0.25) is 0 Å². The third-order valence-corrected chi connectivity index (χ3v) is 4.48. The van der Waals surface area contributed by atoms with E-state index < -0.39 is 0 Å². The summed E-state index contributed by atoms with van der Waals surface area (Å²) in [6.45, 7) is 0.745. The van der Waals surface area contributed by atoms with E-state index >= 15 is 0 Å². The van der Waals surface area contributed by atoms with Gasteiger partial charge in [-0.05, 0) is 59.1 Å². The number of fused-ring (bicyclic) bond motifs is 1. The summed E-state index contributed by atoms with van der Waals surface area (Å²) in [5, 5.41) is 3.27. The van der Waals surface area contributed by atoms with E-state index in [1.165, 1.54) is 5.56 Å². The average Bonchev–Trinajstić information content (AvgIpc) is 2.52. The van der Waals surface area contributed by atoms with Crippen LogP contribution in [0.2, 0.25) is 0 Å². The molecule has 0 bridgehead atoms. The fourth-order valence-electron chi connectivity index (χ4n) is 2.84. The van der Waals surface area contributed by atoms with Crippen molar-refractivity contribution in [3.63, 3.8) is 0 Å². The van der Waals surface area contributed by atoms with Gasteiger partial charge in [0.2, 0.25) is 0 Å². The van der Waals surface area contributed by atoms with Gasteiger partial charge in [-0.1, -0.05) is 24.3 Å². The van der Waals surface area contributed by atoms with E-state index in [1.54, 1.807) is 12.1 Å². The highest BCUT2D eigenvalue weighted by molar-refractivity contribution is 9.10. The van der Waals surface area contributed by atoms with Gasteiger partial charge in [0.1, 0.15) is 11.6 Å². The van der Waals surface area contributed by atoms with Gasteiger partial charge in [-0.2, -0.15) is 0 Å². The van der Waals surface area contributed by atoms with E-state index in [0.717, 1.165) is 36.3 Å². The van der Waals surface area contributed by atoms with Crippen LogP contribution in [-0.2, 0) is 6.42 Å². The maximum absolute atomic E-state index is 13.8. The Morgan fingerprint density at radius 2 is 2.14 bits per heavy atom. The molecule has 110 valence electrons. The van der Waals surface area contributed by atoms with E-state index in [-0.39, 0.29) is 11.9 Å². The lowest BCUT2D eigenvalue weighted by Gasteiger charge is -2.25. The lowest BCUT2D eigenvalue weighted by atomic mass is 9.94. The Balaban J connectivity index is 2.06. The summed E-state index contributed by atoms with van der Waals surface area (Å²) >= 11 is 3.20. The Morgan fingerprint density at radius 3 is 2.90 bits per heavy atom. The maximum Gasteiger partial charge on any atom is 0.137 e. The Bertz CT molecular complexity index is 659. The molecule has 0 amide bonds.